The van der Waals surface area contributed by atoms with Gasteiger partial charge in [-0.15, -0.1) is 0 Å². The van der Waals surface area contributed by atoms with Crippen LogP contribution in [0.1, 0.15) is 16.7 Å². The number of benzene rings is 2. The SMILES string of the molecule is COC(=O)C1Cc2ccccc2CN1Cc1ccccc1Cl. The van der Waals surface area contributed by atoms with Crippen molar-refractivity contribution >= 4 is 17.6 Å². The zero-order chi connectivity index (χ0) is 15.5. The summed E-state index contributed by atoms with van der Waals surface area (Å²) in [7, 11) is 1.44. The summed E-state index contributed by atoms with van der Waals surface area (Å²) in [6.07, 6.45) is 0.674. The highest BCUT2D eigenvalue weighted by molar-refractivity contribution is 6.31. The number of carbonyl (C=O) groups is 1. The molecule has 0 saturated heterocycles. The molecule has 1 heterocycles. The van der Waals surface area contributed by atoms with Gasteiger partial charge in [-0.2, -0.15) is 0 Å². The average molecular weight is 316 g/mol. The maximum Gasteiger partial charge on any atom is 0.323 e. The van der Waals surface area contributed by atoms with Crippen LogP contribution in [-0.2, 0) is 29.0 Å². The summed E-state index contributed by atoms with van der Waals surface area (Å²) in [4.78, 5) is 14.3. The van der Waals surface area contributed by atoms with E-state index in [2.05, 4.69) is 17.0 Å². The van der Waals surface area contributed by atoms with Crippen molar-refractivity contribution in [1.82, 2.24) is 4.90 Å². The molecule has 0 amide bonds. The molecular formula is C18H18ClNO2. The van der Waals surface area contributed by atoms with Crippen molar-refractivity contribution in [3.8, 4) is 0 Å². The van der Waals surface area contributed by atoms with E-state index >= 15 is 0 Å². The molecule has 2 aromatic carbocycles. The minimum Gasteiger partial charge on any atom is -0.468 e. The highest BCUT2D eigenvalue weighted by Gasteiger charge is 2.32. The van der Waals surface area contributed by atoms with Crippen LogP contribution in [0, 0.1) is 0 Å². The number of nitrogens with zero attached hydrogens (tertiary/aromatic N) is 1. The molecule has 0 spiro atoms. The van der Waals surface area contributed by atoms with Crippen molar-refractivity contribution in [1.29, 1.82) is 0 Å². The van der Waals surface area contributed by atoms with E-state index in [4.69, 9.17) is 16.3 Å². The number of esters is 1. The number of halogens is 1. The minimum absolute atomic E-state index is 0.193. The zero-order valence-electron chi connectivity index (χ0n) is 12.5. The summed E-state index contributed by atoms with van der Waals surface area (Å²) in [5, 5.41) is 0.727. The average Bonchev–Trinajstić information content (AvgIpc) is 2.55. The van der Waals surface area contributed by atoms with E-state index in [9.17, 15) is 4.79 Å². The van der Waals surface area contributed by atoms with Gasteiger partial charge in [0, 0.05) is 18.1 Å². The highest BCUT2D eigenvalue weighted by Crippen LogP contribution is 2.27. The van der Waals surface area contributed by atoms with E-state index in [0.29, 0.717) is 13.0 Å². The molecule has 0 saturated carbocycles. The number of carbonyl (C=O) groups excluding carboxylic acids is 1. The van der Waals surface area contributed by atoms with E-state index in [-0.39, 0.29) is 12.0 Å². The molecule has 1 aliphatic rings. The Morgan fingerprint density at radius 3 is 2.59 bits per heavy atom. The maximum atomic E-state index is 12.2. The fraction of sp³-hybridized carbons (Fsp3) is 0.278. The van der Waals surface area contributed by atoms with Crippen LogP contribution >= 0.6 is 11.6 Å². The van der Waals surface area contributed by atoms with Gasteiger partial charge in [0.15, 0.2) is 0 Å². The molecule has 0 bridgehead atoms. The van der Waals surface area contributed by atoms with E-state index in [1.807, 2.05) is 36.4 Å². The molecule has 0 aromatic heterocycles. The lowest BCUT2D eigenvalue weighted by Gasteiger charge is -2.35. The molecule has 114 valence electrons. The minimum atomic E-state index is -0.267. The van der Waals surface area contributed by atoms with Gasteiger partial charge in [-0.3, -0.25) is 9.69 Å². The summed E-state index contributed by atoms with van der Waals surface area (Å²) in [6.45, 7) is 1.36. The summed E-state index contributed by atoms with van der Waals surface area (Å²) in [5.41, 5.74) is 3.50. The lowest BCUT2D eigenvalue weighted by Crippen LogP contribution is -2.45. The number of rotatable bonds is 3. The largest absolute Gasteiger partial charge is 0.468 e. The van der Waals surface area contributed by atoms with Gasteiger partial charge in [0.1, 0.15) is 6.04 Å². The molecule has 1 atom stereocenters. The Morgan fingerprint density at radius 1 is 1.18 bits per heavy atom. The number of ether oxygens (including phenoxy) is 1. The molecule has 0 fully saturated rings. The Bertz CT molecular complexity index is 686. The first-order valence-corrected chi connectivity index (χ1v) is 7.69. The normalized spacial score (nSPS) is 17.8. The summed E-state index contributed by atoms with van der Waals surface area (Å²) in [6, 6.07) is 15.7. The monoisotopic (exact) mass is 315 g/mol. The van der Waals surface area contributed by atoms with Crippen LogP contribution < -0.4 is 0 Å². The Hall–Kier alpha value is -1.84. The van der Waals surface area contributed by atoms with Crippen molar-refractivity contribution in [3.63, 3.8) is 0 Å². The van der Waals surface area contributed by atoms with Crippen LogP contribution in [-0.4, -0.2) is 24.0 Å². The molecule has 3 nitrogen and oxygen atoms in total. The summed E-state index contributed by atoms with van der Waals surface area (Å²) >= 11 is 6.26. The molecule has 0 radical (unpaired) electrons. The van der Waals surface area contributed by atoms with Crippen LogP contribution in [0.3, 0.4) is 0 Å². The van der Waals surface area contributed by atoms with Crippen LogP contribution in [0.2, 0.25) is 5.02 Å². The van der Waals surface area contributed by atoms with Crippen molar-refractivity contribution in [2.75, 3.05) is 7.11 Å². The molecule has 2 aromatic rings. The van der Waals surface area contributed by atoms with Gasteiger partial charge in [0.2, 0.25) is 0 Å². The third-order valence-corrected chi connectivity index (χ3v) is 4.52. The smallest absolute Gasteiger partial charge is 0.323 e. The Labute approximate surface area is 135 Å². The number of hydrogen-bond acceptors (Lipinski definition) is 3. The predicted molar refractivity (Wildman–Crippen MR) is 86.6 cm³/mol. The summed E-state index contributed by atoms with van der Waals surface area (Å²) in [5.74, 6) is -0.193. The van der Waals surface area contributed by atoms with Crippen LogP contribution in [0.15, 0.2) is 48.5 Å². The van der Waals surface area contributed by atoms with Crippen molar-refractivity contribution in [3.05, 3.63) is 70.2 Å². The fourth-order valence-corrected chi connectivity index (χ4v) is 3.15. The molecule has 3 rings (SSSR count). The van der Waals surface area contributed by atoms with E-state index < -0.39 is 0 Å². The lowest BCUT2D eigenvalue weighted by molar-refractivity contribution is -0.147. The molecule has 4 heteroatoms. The third-order valence-electron chi connectivity index (χ3n) is 4.15. The second-order valence-electron chi connectivity index (χ2n) is 5.51. The molecule has 22 heavy (non-hydrogen) atoms. The molecular weight excluding hydrogens is 298 g/mol. The predicted octanol–water partition coefficient (Wildman–Crippen LogP) is 3.44. The molecule has 1 unspecified atom stereocenters. The summed E-state index contributed by atoms with van der Waals surface area (Å²) < 4.78 is 4.99. The maximum absolute atomic E-state index is 12.2. The molecule has 0 N–H and O–H groups in total. The van der Waals surface area contributed by atoms with Gasteiger partial charge in [-0.25, -0.2) is 0 Å². The van der Waals surface area contributed by atoms with Gasteiger partial charge in [0.05, 0.1) is 7.11 Å². The second kappa shape index (κ2) is 6.51. The van der Waals surface area contributed by atoms with Crippen molar-refractivity contribution in [2.45, 2.75) is 25.6 Å². The van der Waals surface area contributed by atoms with Crippen LogP contribution in [0.25, 0.3) is 0 Å². The van der Waals surface area contributed by atoms with Gasteiger partial charge in [0.25, 0.3) is 0 Å². The first-order chi connectivity index (χ1) is 10.7. The first-order valence-electron chi connectivity index (χ1n) is 7.31. The molecule has 0 aliphatic carbocycles. The van der Waals surface area contributed by atoms with Gasteiger partial charge < -0.3 is 4.74 Å². The first kappa shape index (κ1) is 15.1. The van der Waals surface area contributed by atoms with Gasteiger partial charge >= 0.3 is 5.97 Å². The molecule has 1 aliphatic heterocycles. The number of methoxy groups -OCH3 is 1. The Balaban J connectivity index is 1.90. The number of fused-ring (bicyclic) bond motifs is 1. The Kier molecular flexibility index (Phi) is 4.46. The van der Waals surface area contributed by atoms with E-state index in [1.54, 1.807) is 0 Å². The topological polar surface area (TPSA) is 29.5 Å². The van der Waals surface area contributed by atoms with Crippen molar-refractivity contribution in [2.24, 2.45) is 0 Å². The van der Waals surface area contributed by atoms with E-state index in [1.165, 1.54) is 18.2 Å². The third kappa shape index (κ3) is 3.01. The quantitative estimate of drug-likeness (QED) is 0.813. The zero-order valence-corrected chi connectivity index (χ0v) is 13.2. The van der Waals surface area contributed by atoms with Gasteiger partial charge in [-0.1, -0.05) is 54.1 Å². The standard InChI is InChI=1S/C18H18ClNO2/c1-22-18(21)17-10-13-6-2-3-7-14(13)11-20(17)12-15-8-4-5-9-16(15)19/h2-9,17H,10-12H2,1H3. The Morgan fingerprint density at radius 2 is 1.86 bits per heavy atom. The highest BCUT2D eigenvalue weighted by atomic mass is 35.5. The van der Waals surface area contributed by atoms with Crippen molar-refractivity contribution < 1.29 is 9.53 Å². The number of hydrogen-bond donors (Lipinski definition) is 0. The second-order valence-corrected chi connectivity index (χ2v) is 5.92. The fourth-order valence-electron chi connectivity index (χ4n) is 2.96. The lowest BCUT2D eigenvalue weighted by atomic mass is 9.93. The van der Waals surface area contributed by atoms with Crippen LogP contribution in [0.5, 0.6) is 0 Å². The van der Waals surface area contributed by atoms with Crippen LogP contribution in [0.4, 0.5) is 0 Å². The van der Waals surface area contributed by atoms with E-state index in [0.717, 1.165) is 17.1 Å². The van der Waals surface area contributed by atoms with Gasteiger partial charge in [-0.05, 0) is 29.2 Å².